The molecule has 0 aliphatic carbocycles. The first kappa shape index (κ1) is 13.7. The Morgan fingerprint density at radius 1 is 1.36 bits per heavy atom. The normalized spacial score (nSPS) is 12.5. The molecule has 3 heterocycles. The van der Waals surface area contributed by atoms with Crippen molar-refractivity contribution in [3.63, 3.8) is 0 Å². The molecule has 0 atom stereocenters. The van der Waals surface area contributed by atoms with E-state index in [0.29, 0.717) is 13.2 Å². The summed E-state index contributed by atoms with van der Waals surface area (Å²) in [7, 11) is 1.72. The number of ether oxygens (including phenoxy) is 1. The molecular weight excluding hydrogens is 346 g/mol. The molecule has 0 saturated carbocycles. The van der Waals surface area contributed by atoms with Crippen LogP contribution in [0.5, 0.6) is 0 Å². The van der Waals surface area contributed by atoms with Gasteiger partial charge in [0, 0.05) is 17.1 Å². The van der Waals surface area contributed by atoms with E-state index >= 15 is 0 Å². The molecule has 0 radical (unpaired) electrons. The monoisotopic (exact) mass is 359 g/mol. The van der Waals surface area contributed by atoms with Crippen molar-refractivity contribution in [2.75, 3.05) is 13.7 Å². The summed E-state index contributed by atoms with van der Waals surface area (Å²) in [4.78, 5) is 8.71. The van der Waals surface area contributed by atoms with Crippen LogP contribution in [0.4, 0.5) is 0 Å². The maximum atomic E-state index is 5.20. The first-order valence-corrected chi connectivity index (χ1v) is 7.78. The minimum atomic E-state index is 0.662. The molecule has 3 aromatic rings. The lowest BCUT2D eigenvalue weighted by molar-refractivity contribution is 0.202. The van der Waals surface area contributed by atoms with Gasteiger partial charge in [-0.2, -0.15) is 5.10 Å². The fourth-order valence-corrected chi connectivity index (χ4v) is 3.33. The van der Waals surface area contributed by atoms with Crippen molar-refractivity contribution in [3.05, 3.63) is 46.7 Å². The maximum absolute atomic E-state index is 5.20. The van der Waals surface area contributed by atoms with Crippen LogP contribution in [-0.4, -0.2) is 38.0 Å². The van der Waals surface area contributed by atoms with Crippen molar-refractivity contribution in [2.24, 2.45) is 0 Å². The third-order valence-corrected chi connectivity index (χ3v) is 4.62. The van der Waals surface area contributed by atoms with Crippen molar-refractivity contribution in [2.45, 2.75) is 13.0 Å². The van der Waals surface area contributed by atoms with E-state index in [4.69, 9.17) is 4.74 Å². The zero-order chi connectivity index (χ0) is 15.1. The summed E-state index contributed by atoms with van der Waals surface area (Å²) in [5.74, 6) is 0.873. The highest BCUT2D eigenvalue weighted by Crippen LogP contribution is 2.34. The molecule has 7 heteroatoms. The molecule has 0 unspecified atom stereocenters. The van der Waals surface area contributed by atoms with E-state index in [-0.39, 0.29) is 0 Å². The summed E-state index contributed by atoms with van der Waals surface area (Å²) in [5, 5.41) is 4.32. The number of aromatic nitrogens is 5. The van der Waals surface area contributed by atoms with Gasteiger partial charge < -0.3 is 9.30 Å². The zero-order valence-corrected chi connectivity index (χ0v) is 13.6. The SMILES string of the molecule is COCCc1cc2c(cc1Br)-c1ncnn1Cc1cncn1-2. The van der Waals surface area contributed by atoms with Crippen molar-refractivity contribution < 1.29 is 4.74 Å². The number of hydrogen-bond acceptors (Lipinski definition) is 4. The predicted molar refractivity (Wildman–Crippen MR) is 85.0 cm³/mol. The second-order valence-corrected chi connectivity index (χ2v) is 6.05. The fourth-order valence-electron chi connectivity index (χ4n) is 2.79. The molecule has 6 nitrogen and oxygen atoms in total. The largest absolute Gasteiger partial charge is 0.384 e. The van der Waals surface area contributed by atoms with Gasteiger partial charge in [0.2, 0.25) is 0 Å². The van der Waals surface area contributed by atoms with Crippen LogP contribution in [0.15, 0.2) is 35.5 Å². The predicted octanol–water partition coefficient (Wildman–Crippen LogP) is 2.44. The van der Waals surface area contributed by atoms with Crippen LogP contribution >= 0.6 is 15.9 Å². The highest BCUT2D eigenvalue weighted by molar-refractivity contribution is 9.10. The number of rotatable bonds is 3. The molecule has 22 heavy (non-hydrogen) atoms. The number of methoxy groups -OCH3 is 1. The van der Waals surface area contributed by atoms with Crippen LogP contribution in [0.1, 0.15) is 11.3 Å². The Bertz CT molecular complexity index is 838. The number of imidazole rings is 1. The van der Waals surface area contributed by atoms with Gasteiger partial charge in [0.25, 0.3) is 0 Å². The molecule has 0 fully saturated rings. The standard InChI is InChI=1S/C15H14BrN5O/c1-22-3-2-10-4-14-12(5-13(10)16)15-18-8-19-21(15)7-11-6-17-9-20(11)14/h4-6,8-9H,2-3,7H2,1H3. The number of halogens is 1. The summed E-state index contributed by atoms with van der Waals surface area (Å²) in [6.45, 7) is 1.35. The summed E-state index contributed by atoms with van der Waals surface area (Å²) in [6, 6.07) is 4.28. The Morgan fingerprint density at radius 3 is 3.14 bits per heavy atom. The average Bonchev–Trinajstić information content (AvgIpc) is 3.14. The highest BCUT2D eigenvalue weighted by atomic mass is 79.9. The second-order valence-electron chi connectivity index (χ2n) is 5.20. The lowest BCUT2D eigenvalue weighted by atomic mass is 10.1. The zero-order valence-electron chi connectivity index (χ0n) is 12.0. The molecule has 112 valence electrons. The average molecular weight is 360 g/mol. The first-order chi connectivity index (χ1) is 10.8. The van der Waals surface area contributed by atoms with Crippen LogP contribution in [0, 0.1) is 0 Å². The minimum Gasteiger partial charge on any atom is -0.384 e. The van der Waals surface area contributed by atoms with Gasteiger partial charge in [-0.15, -0.1) is 0 Å². The summed E-state index contributed by atoms with van der Waals surface area (Å²) < 4.78 is 10.3. The Hall–Kier alpha value is -1.99. The number of fused-ring (bicyclic) bond motifs is 5. The topological polar surface area (TPSA) is 57.8 Å². The van der Waals surface area contributed by atoms with Crippen LogP contribution in [0.2, 0.25) is 0 Å². The molecule has 0 bridgehead atoms. The van der Waals surface area contributed by atoms with Crippen molar-refractivity contribution in [1.82, 2.24) is 24.3 Å². The smallest absolute Gasteiger partial charge is 0.160 e. The van der Waals surface area contributed by atoms with E-state index in [0.717, 1.165) is 33.7 Å². The molecule has 0 saturated heterocycles. The van der Waals surface area contributed by atoms with Gasteiger partial charge in [0.05, 0.1) is 37.1 Å². The van der Waals surface area contributed by atoms with E-state index in [1.54, 1.807) is 13.4 Å². The second kappa shape index (κ2) is 5.33. The third kappa shape index (κ3) is 2.08. The quantitative estimate of drug-likeness (QED) is 0.563. The Morgan fingerprint density at radius 2 is 2.27 bits per heavy atom. The molecule has 0 amide bonds. The van der Waals surface area contributed by atoms with E-state index in [1.807, 2.05) is 17.2 Å². The van der Waals surface area contributed by atoms with E-state index < -0.39 is 0 Å². The molecule has 1 aromatic carbocycles. The Labute approximate surface area is 135 Å². The van der Waals surface area contributed by atoms with Crippen LogP contribution < -0.4 is 0 Å². The molecular formula is C15H14BrN5O. The first-order valence-electron chi connectivity index (χ1n) is 6.99. The summed E-state index contributed by atoms with van der Waals surface area (Å²) >= 11 is 3.66. The maximum Gasteiger partial charge on any atom is 0.160 e. The summed E-state index contributed by atoms with van der Waals surface area (Å²) in [5.41, 5.74) is 4.41. The van der Waals surface area contributed by atoms with Crippen LogP contribution in [0.25, 0.3) is 17.1 Å². The molecule has 1 aliphatic rings. The number of hydrogen-bond donors (Lipinski definition) is 0. The molecule has 0 N–H and O–H groups in total. The lowest BCUT2D eigenvalue weighted by Gasteiger charge is -2.13. The van der Waals surface area contributed by atoms with E-state index in [1.165, 1.54) is 5.56 Å². The van der Waals surface area contributed by atoms with Gasteiger partial charge in [0.1, 0.15) is 6.33 Å². The van der Waals surface area contributed by atoms with Gasteiger partial charge in [0.15, 0.2) is 5.82 Å². The van der Waals surface area contributed by atoms with Crippen molar-refractivity contribution >= 4 is 15.9 Å². The van der Waals surface area contributed by atoms with Gasteiger partial charge in [-0.1, -0.05) is 15.9 Å². The fraction of sp³-hybridized carbons (Fsp3) is 0.267. The van der Waals surface area contributed by atoms with Gasteiger partial charge >= 0.3 is 0 Å². The summed E-state index contributed by atoms with van der Waals surface area (Å²) in [6.07, 6.45) is 6.16. The Balaban J connectivity index is 1.96. The molecule has 2 aromatic heterocycles. The number of benzene rings is 1. The van der Waals surface area contributed by atoms with Crippen molar-refractivity contribution in [3.8, 4) is 17.1 Å². The van der Waals surface area contributed by atoms with Gasteiger partial charge in [-0.3, -0.25) is 0 Å². The van der Waals surface area contributed by atoms with Crippen LogP contribution in [0.3, 0.4) is 0 Å². The molecule has 1 aliphatic heterocycles. The minimum absolute atomic E-state index is 0.662. The van der Waals surface area contributed by atoms with Crippen LogP contribution in [-0.2, 0) is 17.7 Å². The molecule has 4 rings (SSSR count). The highest BCUT2D eigenvalue weighted by Gasteiger charge is 2.22. The van der Waals surface area contributed by atoms with E-state index in [9.17, 15) is 0 Å². The lowest BCUT2D eigenvalue weighted by Crippen LogP contribution is -2.03. The Kier molecular flexibility index (Phi) is 3.31. The van der Waals surface area contributed by atoms with E-state index in [2.05, 4.69) is 47.7 Å². The third-order valence-electron chi connectivity index (χ3n) is 3.88. The molecule has 0 spiro atoms. The number of nitrogens with zero attached hydrogens (tertiary/aromatic N) is 5. The van der Waals surface area contributed by atoms with Gasteiger partial charge in [-0.25, -0.2) is 14.6 Å². The van der Waals surface area contributed by atoms with Crippen molar-refractivity contribution in [1.29, 1.82) is 0 Å². The van der Waals surface area contributed by atoms with Gasteiger partial charge in [-0.05, 0) is 24.1 Å².